The van der Waals surface area contributed by atoms with E-state index in [1.54, 1.807) is 45.0 Å². The average molecular weight is 386 g/mol. The van der Waals surface area contributed by atoms with Gasteiger partial charge in [0, 0.05) is 30.0 Å². The van der Waals surface area contributed by atoms with Crippen LogP contribution in [0, 0.1) is 19.8 Å². The summed E-state index contributed by atoms with van der Waals surface area (Å²) in [6.45, 7) is 12.7. The maximum atomic E-state index is 12.5. The van der Waals surface area contributed by atoms with E-state index in [1.165, 1.54) is 0 Å². The van der Waals surface area contributed by atoms with Crippen LogP contribution in [0.4, 0.5) is 10.5 Å². The van der Waals surface area contributed by atoms with Crippen LogP contribution < -0.4 is 10.6 Å². The zero-order valence-corrected chi connectivity index (χ0v) is 17.5. The van der Waals surface area contributed by atoms with Crippen LogP contribution in [0.25, 0.3) is 0 Å². The molecule has 2 rings (SSSR count). The van der Waals surface area contributed by atoms with Crippen molar-refractivity contribution in [3.63, 3.8) is 0 Å². The second kappa shape index (κ2) is 8.91. The number of benzene rings is 1. The summed E-state index contributed by atoms with van der Waals surface area (Å²) < 4.78 is 7.19. The molecule has 0 aliphatic carbocycles. The molecule has 1 heterocycles. The van der Waals surface area contributed by atoms with Gasteiger partial charge in [-0.25, -0.2) is 4.79 Å². The number of amides is 2. The highest BCUT2D eigenvalue weighted by Crippen LogP contribution is 2.14. The molecule has 28 heavy (non-hydrogen) atoms. The molecule has 0 fully saturated rings. The Labute approximate surface area is 166 Å². The van der Waals surface area contributed by atoms with Crippen molar-refractivity contribution in [1.29, 1.82) is 0 Å². The Morgan fingerprint density at radius 2 is 1.93 bits per heavy atom. The van der Waals surface area contributed by atoms with Crippen LogP contribution in [-0.2, 0) is 11.3 Å². The van der Waals surface area contributed by atoms with Crippen LogP contribution in [0.15, 0.2) is 30.3 Å². The highest BCUT2D eigenvalue weighted by atomic mass is 16.6. The third-order valence-corrected chi connectivity index (χ3v) is 3.97. The molecule has 7 heteroatoms. The summed E-state index contributed by atoms with van der Waals surface area (Å²) in [6, 6.07) is 8.81. The van der Waals surface area contributed by atoms with E-state index in [0.29, 0.717) is 17.8 Å². The predicted octanol–water partition coefficient (Wildman–Crippen LogP) is 3.91. The summed E-state index contributed by atoms with van der Waals surface area (Å²) in [7, 11) is 0. The van der Waals surface area contributed by atoms with Gasteiger partial charge in [-0.15, -0.1) is 0 Å². The van der Waals surface area contributed by atoms with Crippen molar-refractivity contribution >= 4 is 17.7 Å². The topological polar surface area (TPSA) is 85.2 Å². The van der Waals surface area contributed by atoms with Crippen molar-refractivity contribution in [2.45, 2.75) is 53.7 Å². The van der Waals surface area contributed by atoms with Gasteiger partial charge < -0.3 is 10.1 Å². The summed E-state index contributed by atoms with van der Waals surface area (Å²) in [4.78, 5) is 24.3. The molecule has 0 saturated carbocycles. The number of aryl methyl sites for hydroxylation is 2. The first-order valence-corrected chi connectivity index (χ1v) is 9.43. The first-order valence-electron chi connectivity index (χ1n) is 9.43. The number of nitrogens with zero attached hydrogens (tertiary/aromatic N) is 2. The molecule has 2 amide bonds. The molecule has 0 saturated heterocycles. The fourth-order valence-electron chi connectivity index (χ4n) is 2.75. The van der Waals surface area contributed by atoms with Crippen molar-refractivity contribution < 1.29 is 14.3 Å². The third kappa shape index (κ3) is 6.72. The van der Waals surface area contributed by atoms with E-state index in [-0.39, 0.29) is 11.8 Å². The van der Waals surface area contributed by atoms with Crippen LogP contribution in [0.5, 0.6) is 0 Å². The Kier molecular flexibility index (Phi) is 6.83. The van der Waals surface area contributed by atoms with E-state index < -0.39 is 11.7 Å². The molecule has 2 aromatic rings. The van der Waals surface area contributed by atoms with E-state index in [1.807, 2.05) is 24.6 Å². The van der Waals surface area contributed by atoms with Crippen LogP contribution in [0.3, 0.4) is 0 Å². The fraction of sp³-hybridized carbons (Fsp3) is 0.476. The van der Waals surface area contributed by atoms with Gasteiger partial charge in [-0.1, -0.05) is 13.0 Å². The van der Waals surface area contributed by atoms with E-state index in [2.05, 4.69) is 22.7 Å². The number of carbonyl (C=O) groups excluding carboxylic acids is 2. The molecule has 0 radical (unpaired) electrons. The number of ether oxygens (including phenoxy) is 1. The van der Waals surface area contributed by atoms with Crippen LogP contribution in [0.1, 0.15) is 49.4 Å². The molecule has 0 aliphatic rings. The van der Waals surface area contributed by atoms with Gasteiger partial charge in [0.15, 0.2) is 0 Å². The van der Waals surface area contributed by atoms with Crippen molar-refractivity contribution in [2.24, 2.45) is 5.92 Å². The number of carbonyl (C=O) groups is 2. The standard InChI is InChI=1S/C21H30N4O3/c1-14(13-25-16(3)10-15(2)24-25)12-22-19(26)17-8-7-9-18(11-17)23-20(27)28-21(4,5)6/h7-11,14H,12-13H2,1-6H3,(H,22,26)(H,23,27)/t14-/m0/s1. The van der Waals surface area contributed by atoms with E-state index >= 15 is 0 Å². The smallest absolute Gasteiger partial charge is 0.412 e. The molecule has 2 N–H and O–H groups in total. The van der Waals surface area contributed by atoms with Crippen LogP contribution in [-0.4, -0.2) is 33.9 Å². The number of rotatable bonds is 6. The third-order valence-electron chi connectivity index (χ3n) is 3.97. The number of hydrogen-bond acceptors (Lipinski definition) is 4. The Morgan fingerprint density at radius 3 is 2.54 bits per heavy atom. The van der Waals surface area contributed by atoms with Gasteiger partial charge in [-0.2, -0.15) is 5.10 Å². The van der Waals surface area contributed by atoms with Gasteiger partial charge in [0.2, 0.25) is 0 Å². The first-order chi connectivity index (χ1) is 13.0. The summed E-state index contributed by atoms with van der Waals surface area (Å²) in [6.07, 6.45) is -0.552. The van der Waals surface area contributed by atoms with Gasteiger partial charge >= 0.3 is 6.09 Å². The summed E-state index contributed by atoms with van der Waals surface area (Å²) in [5.41, 5.74) is 2.50. The molecular formula is C21H30N4O3. The van der Waals surface area contributed by atoms with Crippen molar-refractivity contribution in [2.75, 3.05) is 11.9 Å². The zero-order valence-electron chi connectivity index (χ0n) is 17.5. The van der Waals surface area contributed by atoms with Crippen LogP contribution in [0.2, 0.25) is 0 Å². The molecule has 7 nitrogen and oxygen atoms in total. The largest absolute Gasteiger partial charge is 0.444 e. The number of aromatic nitrogens is 2. The van der Waals surface area contributed by atoms with Gasteiger partial charge in [-0.3, -0.25) is 14.8 Å². The lowest BCUT2D eigenvalue weighted by Gasteiger charge is -2.19. The number of anilines is 1. The Bertz CT molecular complexity index is 836. The Balaban J connectivity index is 1.90. The molecular weight excluding hydrogens is 356 g/mol. The zero-order chi connectivity index (χ0) is 20.9. The molecule has 152 valence electrons. The van der Waals surface area contributed by atoms with Crippen molar-refractivity contribution in [3.05, 3.63) is 47.3 Å². The molecule has 0 bridgehead atoms. The fourth-order valence-corrected chi connectivity index (χ4v) is 2.75. The second-order valence-electron chi connectivity index (χ2n) is 8.13. The second-order valence-corrected chi connectivity index (χ2v) is 8.13. The maximum absolute atomic E-state index is 12.5. The van der Waals surface area contributed by atoms with Gasteiger partial charge in [0.25, 0.3) is 5.91 Å². The highest BCUT2D eigenvalue weighted by Gasteiger charge is 2.17. The minimum atomic E-state index is -0.583. The van der Waals surface area contributed by atoms with E-state index in [0.717, 1.165) is 17.9 Å². The van der Waals surface area contributed by atoms with Gasteiger partial charge in [0.1, 0.15) is 5.60 Å². The minimum absolute atomic E-state index is 0.187. The summed E-state index contributed by atoms with van der Waals surface area (Å²) in [5, 5.41) is 10.0. The maximum Gasteiger partial charge on any atom is 0.412 e. The number of nitrogens with one attached hydrogen (secondary N) is 2. The molecule has 0 unspecified atom stereocenters. The summed E-state index contributed by atoms with van der Waals surface area (Å²) >= 11 is 0. The molecule has 1 atom stereocenters. The minimum Gasteiger partial charge on any atom is -0.444 e. The van der Waals surface area contributed by atoms with Gasteiger partial charge in [-0.05, 0) is 64.8 Å². The Hall–Kier alpha value is -2.83. The lowest BCUT2D eigenvalue weighted by molar-refractivity contribution is 0.0635. The Morgan fingerprint density at radius 1 is 1.21 bits per heavy atom. The molecule has 1 aromatic heterocycles. The first kappa shape index (κ1) is 21.5. The van der Waals surface area contributed by atoms with Crippen LogP contribution >= 0.6 is 0 Å². The SMILES string of the molecule is Cc1cc(C)n(C[C@@H](C)CNC(=O)c2cccc(NC(=O)OC(C)(C)C)c2)n1. The van der Waals surface area contributed by atoms with Gasteiger partial charge in [0.05, 0.1) is 5.69 Å². The summed E-state index contributed by atoms with van der Waals surface area (Å²) in [5.74, 6) is 0.0399. The number of hydrogen-bond donors (Lipinski definition) is 2. The van der Waals surface area contributed by atoms with Crippen molar-refractivity contribution in [3.8, 4) is 0 Å². The normalized spacial score (nSPS) is 12.4. The molecule has 1 aromatic carbocycles. The lowest BCUT2D eigenvalue weighted by Crippen LogP contribution is -2.30. The molecule has 0 spiro atoms. The lowest BCUT2D eigenvalue weighted by atomic mass is 10.1. The highest BCUT2D eigenvalue weighted by molar-refractivity contribution is 5.96. The predicted molar refractivity (Wildman–Crippen MR) is 109 cm³/mol. The molecule has 0 aliphatic heterocycles. The quantitative estimate of drug-likeness (QED) is 0.788. The average Bonchev–Trinajstić information content (AvgIpc) is 2.88. The van der Waals surface area contributed by atoms with E-state index in [4.69, 9.17) is 4.74 Å². The van der Waals surface area contributed by atoms with E-state index in [9.17, 15) is 9.59 Å². The van der Waals surface area contributed by atoms with Crippen molar-refractivity contribution in [1.82, 2.24) is 15.1 Å². The monoisotopic (exact) mass is 386 g/mol.